The maximum atomic E-state index is 14.7. The number of amides is 4. The molecule has 8 N–H and O–H groups in total. The first-order valence-corrected chi connectivity index (χ1v) is 13.9. The number of para-hydroxylation sites is 2. The Morgan fingerprint density at radius 3 is 2.24 bits per heavy atom. The van der Waals surface area contributed by atoms with Crippen LogP contribution in [-0.4, -0.2) is 52.9 Å². The third-order valence-electron chi connectivity index (χ3n) is 8.35. The van der Waals surface area contributed by atoms with Crippen LogP contribution < -0.4 is 27.0 Å². The summed E-state index contributed by atoms with van der Waals surface area (Å²) in [5, 5.41) is 24.7. The maximum Gasteiger partial charge on any atom is 0.329 e. The van der Waals surface area contributed by atoms with Crippen LogP contribution in [0.3, 0.4) is 0 Å². The first kappa shape index (κ1) is 30.7. The summed E-state index contributed by atoms with van der Waals surface area (Å²) < 4.78 is 0. The van der Waals surface area contributed by atoms with Crippen LogP contribution >= 0.6 is 0 Å². The molecule has 1 unspecified atom stereocenters. The lowest BCUT2D eigenvalue weighted by Crippen LogP contribution is -2.65. The van der Waals surface area contributed by atoms with Gasteiger partial charge in [-0.15, -0.1) is 0 Å². The van der Waals surface area contributed by atoms with Crippen molar-refractivity contribution >= 4 is 34.9 Å². The largest absolute Gasteiger partial charge is 0.398 e. The van der Waals surface area contributed by atoms with E-state index in [9.17, 15) is 24.6 Å². The van der Waals surface area contributed by atoms with Crippen molar-refractivity contribution in [2.75, 3.05) is 29.2 Å². The molecule has 4 rings (SSSR count). The molecule has 0 saturated carbocycles. The highest BCUT2D eigenvalue weighted by Gasteiger charge is 2.56. The number of carbonyl (C=O) groups excluding carboxylic acids is 3. The second-order valence-corrected chi connectivity index (χ2v) is 11.4. The number of urea groups is 1. The van der Waals surface area contributed by atoms with Crippen LogP contribution in [0.5, 0.6) is 0 Å². The summed E-state index contributed by atoms with van der Waals surface area (Å²) in [6, 6.07) is 19.6. The average molecular weight is 574 g/mol. The molecule has 1 aliphatic rings. The van der Waals surface area contributed by atoms with Gasteiger partial charge in [0.05, 0.1) is 36.3 Å². The number of carbonyl (C=O) groups is 3. The zero-order chi connectivity index (χ0) is 30.7. The van der Waals surface area contributed by atoms with Gasteiger partial charge < -0.3 is 32.3 Å². The number of hydrogen-bond donors (Lipinski definition) is 6. The van der Waals surface area contributed by atoms with Gasteiger partial charge in [0.2, 0.25) is 11.8 Å². The number of aliphatic hydroxyl groups excluding tert-OH is 2. The number of aliphatic hydroxyl groups is 2. The maximum absolute atomic E-state index is 14.7. The molecule has 3 aromatic carbocycles. The van der Waals surface area contributed by atoms with Gasteiger partial charge in [0.1, 0.15) is 0 Å². The van der Waals surface area contributed by atoms with Gasteiger partial charge in [-0.05, 0) is 69.0 Å². The smallest absolute Gasteiger partial charge is 0.329 e. The molecule has 10 heteroatoms. The minimum atomic E-state index is -1.56. The van der Waals surface area contributed by atoms with Crippen molar-refractivity contribution in [3.63, 3.8) is 0 Å². The first-order chi connectivity index (χ1) is 19.9. The molecule has 0 saturated heterocycles. The molecule has 0 fully saturated rings. The lowest BCUT2D eigenvalue weighted by molar-refractivity contribution is -0.141. The van der Waals surface area contributed by atoms with E-state index in [2.05, 4.69) is 10.6 Å². The molecule has 0 aliphatic carbocycles. The predicted octanol–water partition coefficient (Wildman–Crippen LogP) is 3.28. The van der Waals surface area contributed by atoms with Crippen molar-refractivity contribution in [2.45, 2.75) is 45.2 Å². The average Bonchev–Trinajstić information content (AvgIpc) is 3.13. The lowest BCUT2D eigenvalue weighted by Gasteiger charge is -2.46. The Hall–Kier alpha value is -4.25. The second-order valence-electron chi connectivity index (χ2n) is 11.4. The predicted molar refractivity (Wildman–Crippen MR) is 164 cm³/mol. The monoisotopic (exact) mass is 573 g/mol. The summed E-state index contributed by atoms with van der Waals surface area (Å²) in [4.78, 5) is 43.1. The topological polar surface area (TPSA) is 171 Å². The van der Waals surface area contributed by atoms with Gasteiger partial charge >= 0.3 is 6.03 Å². The lowest BCUT2D eigenvalue weighted by atomic mass is 9.62. The summed E-state index contributed by atoms with van der Waals surface area (Å²) in [5.74, 6) is -1.95. The summed E-state index contributed by atoms with van der Waals surface area (Å²) in [6.07, 6.45) is 0.846. The molecular weight excluding hydrogens is 534 g/mol. The fourth-order valence-electron chi connectivity index (χ4n) is 5.43. The molecule has 4 amide bonds. The third-order valence-corrected chi connectivity index (χ3v) is 8.35. The first-order valence-electron chi connectivity index (χ1n) is 13.9. The van der Waals surface area contributed by atoms with Crippen molar-refractivity contribution in [3.05, 3.63) is 78.4 Å². The molecule has 42 heavy (non-hydrogen) atoms. The molecule has 222 valence electrons. The van der Waals surface area contributed by atoms with Crippen molar-refractivity contribution in [1.29, 1.82) is 0 Å². The minimum absolute atomic E-state index is 0.221. The van der Waals surface area contributed by atoms with E-state index in [1.807, 2.05) is 42.5 Å². The van der Waals surface area contributed by atoms with Crippen LogP contribution in [0.4, 0.5) is 21.9 Å². The quantitative estimate of drug-likeness (QED) is 0.225. The Labute approximate surface area is 245 Å². The molecule has 2 atom stereocenters. The number of hydrogen-bond acceptors (Lipinski definition) is 7. The van der Waals surface area contributed by atoms with E-state index in [0.717, 1.165) is 21.6 Å². The molecule has 0 aromatic heterocycles. The van der Waals surface area contributed by atoms with E-state index in [0.29, 0.717) is 24.2 Å². The number of nitrogens with zero attached hydrogens (tertiary/aromatic N) is 1. The molecule has 0 radical (unpaired) electrons. The van der Waals surface area contributed by atoms with Gasteiger partial charge in [0, 0.05) is 22.5 Å². The number of benzene rings is 3. The number of anilines is 3. The van der Waals surface area contributed by atoms with Crippen LogP contribution in [0.2, 0.25) is 0 Å². The highest BCUT2D eigenvalue weighted by atomic mass is 16.3. The molecule has 0 bridgehead atoms. The number of nitrogen functional groups attached to an aromatic ring is 1. The van der Waals surface area contributed by atoms with Gasteiger partial charge in [-0.25, -0.2) is 9.69 Å². The zero-order valence-electron chi connectivity index (χ0n) is 24.1. The summed E-state index contributed by atoms with van der Waals surface area (Å²) >= 11 is 0. The fraction of sp³-hybridized carbons (Fsp3) is 0.344. The Morgan fingerprint density at radius 1 is 1.00 bits per heavy atom. The Kier molecular flexibility index (Phi) is 9.00. The molecule has 0 spiro atoms. The van der Waals surface area contributed by atoms with Crippen molar-refractivity contribution < 1.29 is 24.6 Å². The number of fused-ring (bicyclic) bond motifs is 1. The molecule has 10 nitrogen and oxygen atoms in total. The second kappa shape index (κ2) is 12.3. The summed E-state index contributed by atoms with van der Waals surface area (Å²) in [6.45, 7) is 3.86. The Morgan fingerprint density at radius 2 is 1.62 bits per heavy atom. The number of imide groups is 1. The van der Waals surface area contributed by atoms with E-state index in [4.69, 9.17) is 11.5 Å². The summed E-state index contributed by atoms with van der Waals surface area (Å²) in [5.41, 5.74) is 14.0. The van der Waals surface area contributed by atoms with Gasteiger partial charge in [0.25, 0.3) is 0 Å². The molecule has 1 heterocycles. The number of rotatable bonds is 8. The molecular formula is C32H39N5O5. The molecule has 3 aromatic rings. The van der Waals surface area contributed by atoms with E-state index in [1.54, 1.807) is 51.1 Å². The van der Waals surface area contributed by atoms with Crippen LogP contribution in [0.15, 0.2) is 72.8 Å². The third kappa shape index (κ3) is 5.87. The van der Waals surface area contributed by atoms with Gasteiger partial charge in [-0.2, -0.15) is 0 Å². The highest BCUT2D eigenvalue weighted by molar-refractivity contribution is 6.18. The van der Waals surface area contributed by atoms with Gasteiger partial charge in [0.15, 0.2) is 0 Å². The van der Waals surface area contributed by atoms with Crippen molar-refractivity contribution in [2.24, 2.45) is 17.1 Å². The van der Waals surface area contributed by atoms with Crippen molar-refractivity contribution in [1.82, 2.24) is 5.32 Å². The number of nitrogens with two attached hydrogens (primary N) is 2. The van der Waals surface area contributed by atoms with Crippen LogP contribution in [0, 0.1) is 11.3 Å². The van der Waals surface area contributed by atoms with Gasteiger partial charge in [-0.3, -0.25) is 9.59 Å². The van der Waals surface area contributed by atoms with Crippen LogP contribution in [0.25, 0.3) is 11.1 Å². The zero-order valence-corrected chi connectivity index (χ0v) is 24.1. The highest BCUT2D eigenvalue weighted by Crippen LogP contribution is 2.44. The Balaban J connectivity index is 1.79. The number of aryl methyl sites for hydroxylation is 1. The van der Waals surface area contributed by atoms with E-state index in [-0.39, 0.29) is 11.6 Å². The minimum Gasteiger partial charge on any atom is -0.398 e. The summed E-state index contributed by atoms with van der Waals surface area (Å²) in [7, 11) is 0. The van der Waals surface area contributed by atoms with Gasteiger partial charge in [-0.1, -0.05) is 48.5 Å². The SMILES string of the molecule is CC(C)(N)C(C)(C(=O)N(C(=O)NC(CO)CO)c1ccc(-c2ccccc2N)cc1)[C@H]1CCc2ccccc2NC1=O. The van der Waals surface area contributed by atoms with Crippen LogP contribution in [0.1, 0.15) is 32.8 Å². The fourth-order valence-corrected chi connectivity index (χ4v) is 5.43. The van der Waals surface area contributed by atoms with E-state index >= 15 is 0 Å². The standard InChI is InChI=1S/C32H39N5O5/c1-31(2,34)32(3,25-17-14-21-8-4-7-11-27(21)36-28(25)40)29(41)37(30(42)35-22(18-38)19-39)23-15-12-20(13-16-23)24-9-5-6-10-26(24)33/h4-13,15-16,22,25,38-39H,14,17-19,33-34H2,1-3H3,(H,35,42)(H,36,40)/t25-,32?/m0/s1. The normalized spacial score (nSPS) is 16.5. The van der Waals surface area contributed by atoms with E-state index in [1.165, 1.54) is 0 Å². The van der Waals surface area contributed by atoms with Crippen molar-refractivity contribution in [3.8, 4) is 11.1 Å². The van der Waals surface area contributed by atoms with E-state index < -0.39 is 48.1 Å². The number of nitrogens with one attached hydrogen (secondary N) is 2. The molecule has 1 aliphatic heterocycles. The van der Waals surface area contributed by atoms with Crippen LogP contribution in [-0.2, 0) is 16.0 Å². The Bertz CT molecular complexity index is 1450.